The number of rotatable bonds is 7. The van der Waals surface area contributed by atoms with Crippen molar-refractivity contribution in [2.45, 2.75) is 40.2 Å². The molecule has 7 nitrogen and oxygen atoms in total. The zero-order valence-corrected chi connectivity index (χ0v) is 11.8. The number of carbonyl (C=O) groups excluding carboxylic acids is 2. The van der Waals surface area contributed by atoms with Crippen molar-refractivity contribution in [1.82, 2.24) is 10.6 Å². The molecule has 0 rings (SSSR count). The third-order valence-corrected chi connectivity index (χ3v) is 3.12. The lowest BCUT2D eigenvalue weighted by atomic mass is 9.93. The normalized spacial score (nSPS) is 14.3. The number of carboxylic acid groups (broad SMARTS) is 1. The van der Waals surface area contributed by atoms with Crippen LogP contribution in [0.3, 0.4) is 0 Å². The molecule has 0 fully saturated rings. The molecular formula is C12H23N3O4. The van der Waals surface area contributed by atoms with E-state index in [-0.39, 0.29) is 12.5 Å². The summed E-state index contributed by atoms with van der Waals surface area (Å²) in [6.45, 7) is 6.82. The zero-order valence-electron chi connectivity index (χ0n) is 11.8. The van der Waals surface area contributed by atoms with Crippen molar-refractivity contribution >= 4 is 17.9 Å². The molecule has 0 saturated heterocycles. The van der Waals surface area contributed by atoms with Crippen LogP contribution in [-0.4, -0.2) is 35.6 Å². The zero-order chi connectivity index (χ0) is 15.2. The van der Waals surface area contributed by atoms with Gasteiger partial charge in [0.05, 0.1) is 5.41 Å². The molecule has 19 heavy (non-hydrogen) atoms. The summed E-state index contributed by atoms with van der Waals surface area (Å²) >= 11 is 0. The van der Waals surface area contributed by atoms with Crippen LogP contribution in [-0.2, 0) is 9.59 Å². The van der Waals surface area contributed by atoms with Gasteiger partial charge >= 0.3 is 12.0 Å². The minimum atomic E-state index is -1.08. The van der Waals surface area contributed by atoms with Crippen molar-refractivity contribution in [2.75, 3.05) is 6.54 Å². The van der Waals surface area contributed by atoms with Gasteiger partial charge in [0.25, 0.3) is 0 Å². The fourth-order valence-corrected chi connectivity index (χ4v) is 1.26. The first-order valence-electron chi connectivity index (χ1n) is 6.19. The number of carboxylic acids is 1. The van der Waals surface area contributed by atoms with Gasteiger partial charge < -0.3 is 21.5 Å². The predicted octanol–water partition coefficient (Wildman–Crippen LogP) is 0.296. The number of hydrogen-bond acceptors (Lipinski definition) is 3. The summed E-state index contributed by atoms with van der Waals surface area (Å²) < 4.78 is 0. The number of carbonyl (C=O) groups is 3. The Balaban J connectivity index is 4.44. The average Bonchev–Trinajstić information content (AvgIpc) is 2.32. The van der Waals surface area contributed by atoms with E-state index in [1.165, 1.54) is 0 Å². The van der Waals surface area contributed by atoms with Crippen LogP contribution in [0.4, 0.5) is 4.79 Å². The van der Waals surface area contributed by atoms with Crippen molar-refractivity contribution in [2.24, 2.45) is 17.1 Å². The van der Waals surface area contributed by atoms with Crippen LogP contribution in [0.2, 0.25) is 0 Å². The molecule has 0 spiro atoms. The monoisotopic (exact) mass is 273 g/mol. The summed E-state index contributed by atoms with van der Waals surface area (Å²) in [5.41, 5.74) is 4.29. The highest BCUT2D eigenvalue weighted by Gasteiger charge is 2.28. The van der Waals surface area contributed by atoms with Crippen molar-refractivity contribution < 1.29 is 19.5 Å². The molecule has 0 aliphatic rings. The second-order valence-corrected chi connectivity index (χ2v) is 5.28. The van der Waals surface area contributed by atoms with E-state index in [9.17, 15) is 14.4 Å². The maximum absolute atomic E-state index is 11.6. The van der Waals surface area contributed by atoms with E-state index in [0.29, 0.717) is 6.42 Å². The van der Waals surface area contributed by atoms with Gasteiger partial charge in [-0.3, -0.25) is 4.79 Å². The van der Waals surface area contributed by atoms with Crippen molar-refractivity contribution in [3.63, 3.8) is 0 Å². The van der Waals surface area contributed by atoms with E-state index in [0.717, 1.165) is 0 Å². The second kappa shape index (κ2) is 6.96. The molecule has 0 aromatic heterocycles. The third kappa shape index (κ3) is 5.58. The van der Waals surface area contributed by atoms with Gasteiger partial charge in [-0.25, -0.2) is 9.59 Å². The Morgan fingerprint density at radius 3 is 2.21 bits per heavy atom. The summed E-state index contributed by atoms with van der Waals surface area (Å²) in [4.78, 5) is 33.7. The van der Waals surface area contributed by atoms with Crippen LogP contribution in [0, 0.1) is 11.3 Å². The number of urea groups is 1. The molecule has 5 N–H and O–H groups in total. The van der Waals surface area contributed by atoms with Gasteiger partial charge in [-0.15, -0.1) is 0 Å². The fourth-order valence-electron chi connectivity index (χ4n) is 1.26. The number of hydrogen-bond donors (Lipinski definition) is 4. The Morgan fingerprint density at radius 2 is 1.84 bits per heavy atom. The minimum absolute atomic E-state index is 0.0427. The molecule has 3 amide bonds. The first-order valence-corrected chi connectivity index (χ1v) is 6.19. The molecule has 0 aromatic rings. The summed E-state index contributed by atoms with van der Waals surface area (Å²) in [7, 11) is 0. The molecule has 0 aliphatic carbocycles. The van der Waals surface area contributed by atoms with Crippen molar-refractivity contribution in [3.05, 3.63) is 0 Å². The average molecular weight is 273 g/mol. The van der Waals surface area contributed by atoms with E-state index in [2.05, 4.69) is 10.6 Å². The van der Waals surface area contributed by atoms with Gasteiger partial charge in [0, 0.05) is 6.54 Å². The molecule has 2 unspecified atom stereocenters. The molecule has 0 aromatic carbocycles. The van der Waals surface area contributed by atoms with Crippen LogP contribution in [0.15, 0.2) is 0 Å². The van der Waals surface area contributed by atoms with E-state index < -0.39 is 29.4 Å². The van der Waals surface area contributed by atoms with Crippen LogP contribution in [0.25, 0.3) is 0 Å². The van der Waals surface area contributed by atoms with E-state index >= 15 is 0 Å². The molecule has 0 saturated carbocycles. The lowest BCUT2D eigenvalue weighted by Gasteiger charge is -2.23. The summed E-state index contributed by atoms with van der Waals surface area (Å²) in [6.07, 6.45) is 0.629. The topological polar surface area (TPSA) is 122 Å². The molecule has 0 radical (unpaired) electrons. The van der Waals surface area contributed by atoms with Gasteiger partial charge in [-0.1, -0.05) is 20.3 Å². The van der Waals surface area contributed by atoms with E-state index in [4.69, 9.17) is 10.8 Å². The molecule has 2 atom stereocenters. The molecule has 0 aliphatic heterocycles. The SMILES string of the molecule is CCC(C)C(NC(=O)NCC(C)(C)C(N)=O)C(=O)O. The first kappa shape index (κ1) is 17.2. The van der Waals surface area contributed by atoms with Crippen LogP contribution in [0.5, 0.6) is 0 Å². The number of aliphatic carboxylic acids is 1. The van der Waals surface area contributed by atoms with Crippen molar-refractivity contribution in [3.8, 4) is 0 Å². The number of nitrogens with two attached hydrogens (primary N) is 1. The number of nitrogens with one attached hydrogen (secondary N) is 2. The van der Waals surface area contributed by atoms with Gasteiger partial charge in [-0.05, 0) is 19.8 Å². The predicted molar refractivity (Wildman–Crippen MR) is 70.4 cm³/mol. The Kier molecular flexibility index (Phi) is 6.31. The Labute approximate surface area is 112 Å². The lowest BCUT2D eigenvalue weighted by molar-refractivity contribution is -0.140. The highest BCUT2D eigenvalue weighted by molar-refractivity contribution is 5.84. The first-order chi connectivity index (χ1) is 8.61. The summed E-state index contributed by atoms with van der Waals surface area (Å²) in [5.74, 6) is -1.81. The Hall–Kier alpha value is -1.79. The van der Waals surface area contributed by atoms with E-state index in [1.54, 1.807) is 20.8 Å². The summed E-state index contributed by atoms with van der Waals surface area (Å²) in [6, 6.07) is -1.58. The minimum Gasteiger partial charge on any atom is -0.480 e. The van der Waals surface area contributed by atoms with Gasteiger partial charge in [0.2, 0.25) is 5.91 Å². The number of primary amides is 1. The Morgan fingerprint density at radius 1 is 1.32 bits per heavy atom. The largest absolute Gasteiger partial charge is 0.480 e. The fraction of sp³-hybridized carbons (Fsp3) is 0.750. The molecule has 0 heterocycles. The molecule has 0 bridgehead atoms. The third-order valence-electron chi connectivity index (χ3n) is 3.12. The highest BCUT2D eigenvalue weighted by Crippen LogP contribution is 2.12. The van der Waals surface area contributed by atoms with Gasteiger partial charge in [-0.2, -0.15) is 0 Å². The van der Waals surface area contributed by atoms with Gasteiger partial charge in [0.15, 0.2) is 0 Å². The van der Waals surface area contributed by atoms with E-state index in [1.807, 2.05) is 6.92 Å². The molecule has 110 valence electrons. The summed E-state index contributed by atoms with van der Waals surface area (Å²) in [5, 5.41) is 13.9. The lowest BCUT2D eigenvalue weighted by Crippen LogP contribution is -2.51. The molecule has 7 heteroatoms. The van der Waals surface area contributed by atoms with Crippen molar-refractivity contribution in [1.29, 1.82) is 0 Å². The molecular weight excluding hydrogens is 250 g/mol. The van der Waals surface area contributed by atoms with Crippen LogP contribution >= 0.6 is 0 Å². The maximum Gasteiger partial charge on any atom is 0.326 e. The van der Waals surface area contributed by atoms with Gasteiger partial charge in [0.1, 0.15) is 6.04 Å². The van der Waals surface area contributed by atoms with Crippen LogP contribution in [0.1, 0.15) is 34.1 Å². The maximum atomic E-state index is 11.6. The highest BCUT2D eigenvalue weighted by atomic mass is 16.4. The standard InChI is InChI=1S/C12H23N3O4/c1-5-7(2)8(9(16)17)15-11(19)14-6-12(3,4)10(13)18/h7-8H,5-6H2,1-4H3,(H2,13,18)(H,16,17)(H2,14,15,19). The quantitative estimate of drug-likeness (QED) is 0.532. The number of amides is 3. The Bertz CT molecular complexity index is 355. The second-order valence-electron chi connectivity index (χ2n) is 5.28. The van der Waals surface area contributed by atoms with Crippen LogP contribution < -0.4 is 16.4 Å². The smallest absolute Gasteiger partial charge is 0.326 e.